The third-order valence-corrected chi connectivity index (χ3v) is 3.57. The Bertz CT molecular complexity index is 767. The van der Waals surface area contributed by atoms with Crippen LogP contribution in [-0.4, -0.2) is 18.4 Å². The molecule has 0 spiro atoms. The summed E-state index contributed by atoms with van der Waals surface area (Å²) in [5, 5.41) is -0.232. The summed E-state index contributed by atoms with van der Waals surface area (Å²) in [5.74, 6) is -1.47. The Labute approximate surface area is 147 Å². The number of carbonyl (C=O) groups excluding carboxylic acids is 2. The molecule has 0 saturated carbocycles. The molecule has 24 heavy (non-hydrogen) atoms. The molecule has 2 aromatic rings. The van der Waals surface area contributed by atoms with Gasteiger partial charge in [0, 0.05) is 5.56 Å². The van der Waals surface area contributed by atoms with Gasteiger partial charge in [0.05, 0.1) is 22.2 Å². The molecule has 8 heteroatoms. The highest BCUT2D eigenvalue weighted by atomic mass is 35.5. The average molecular weight is 371 g/mol. The summed E-state index contributed by atoms with van der Waals surface area (Å²) in [6.07, 6.45) is 0. The van der Waals surface area contributed by atoms with Crippen LogP contribution in [0.5, 0.6) is 5.75 Å². The van der Waals surface area contributed by atoms with Gasteiger partial charge in [-0.1, -0.05) is 23.2 Å². The molecule has 5 nitrogen and oxygen atoms in total. The quantitative estimate of drug-likeness (QED) is 0.638. The van der Waals surface area contributed by atoms with Crippen molar-refractivity contribution in [3.8, 4) is 5.75 Å². The standard InChI is InChI=1S/C16H13Cl2FN2O3/c1-2-24-10-5-3-9(4-6-10)15(22)20-21-16(23)11-7-14(19)13(18)8-12(11)17/h3-8H,2H2,1H3,(H,20,22)(H,21,23). The average Bonchev–Trinajstić information content (AvgIpc) is 2.56. The largest absolute Gasteiger partial charge is 0.494 e. The number of amides is 2. The van der Waals surface area contributed by atoms with Crippen LogP contribution in [0.25, 0.3) is 0 Å². The van der Waals surface area contributed by atoms with E-state index in [0.29, 0.717) is 17.9 Å². The molecule has 0 aliphatic rings. The van der Waals surface area contributed by atoms with Crippen LogP contribution >= 0.6 is 23.2 Å². The normalized spacial score (nSPS) is 10.2. The van der Waals surface area contributed by atoms with Crippen LogP contribution in [0.4, 0.5) is 4.39 Å². The van der Waals surface area contributed by atoms with Crippen LogP contribution in [0.2, 0.25) is 10.0 Å². The number of ether oxygens (including phenoxy) is 1. The van der Waals surface area contributed by atoms with Gasteiger partial charge in [-0.15, -0.1) is 0 Å². The molecule has 0 unspecified atom stereocenters. The summed E-state index contributed by atoms with van der Waals surface area (Å²) in [5.41, 5.74) is 4.54. The van der Waals surface area contributed by atoms with Crippen LogP contribution in [0, 0.1) is 5.82 Å². The fraction of sp³-hybridized carbons (Fsp3) is 0.125. The number of carbonyl (C=O) groups is 2. The molecular weight excluding hydrogens is 358 g/mol. The smallest absolute Gasteiger partial charge is 0.271 e. The van der Waals surface area contributed by atoms with Crippen LogP contribution in [-0.2, 0) is 0 Å². The minimum absolute atomic E-state index is 0.0331. The molecule has 0 radical (unpaired) electrons. The summed E-state index contributed by atoms with van der Waals surface area (Å²) in [4.78, 5) is 23.9. The van der Waals surface area contributed by atoms with Gasteiger partial charge in [0.25, 0.3) is 11.8 Å². The van der Waals surface area contributed by atoms with Gasteiger partial charge < -0.3 is 4.74 Å². The zero-order valence-electron chi connectivity index (χ0n) is 12.5. The fourth-order valence-electron chi connectivity index (χ4n) is 1.82. The van der Waals surface area contributed by atoms with Crippen molar-refractivity contribution in [2.75, 3.05) is 6.61 Å². The summed E-state index contributed by atoms with van der Waals surface area (Å²) in [7, 11) is 0. The maximum Gasteiger partial charge on any atom is 0.271 e. The van der Waals surface area contributed by atoms with Crippen molar-refractivity contribution in [1.82, 2.24) is 10.9 Å². The molecule has 0 atom stereocenters. The molecule has 0 fully saturated rings. The molecule has 0 aliphatic heterocycles. The number of hydrogen-bond acceptors (Lipinski definition) is 3. The van der Waals surface area contributed by atoms with Gasteiger partial charge in [-0.3, -0.25) is 20.4 Å². The fourth-order valence-corrected chi connectivity index (χ4v) is 2.29. The van der Waals surface area contributed by atoms with Crippen molar-refractivity contribution in [1.29, 1.82) is 0 Å². The second kappa shape index (κ2) is 7.99. The molecule has 0 aliphatic carbocycles. The maximum absolute atomic E-state index is 13.4. The van der Waals surface area contributed by atoms with Crippen molar-refractivity contribution in [3.63, 3.8) is 0 Å². The Morgan fingerprint density at radius 3 is 2.29 bits per heavy atom. The van der Waals surface area contributed by atoms with E-state index >= 15 is 0 Å². The second-order valence-corrected chi connectivity index (χ2v) is 5.43. The van der Waals surface area contributed by atoms with Crippen molar-refractivity contribution < 1.29 is 18.7 Å². The molecule has 2 amide bonds. The zero-order chi connectivity index (χ0) is 17.7. The third kappa shape index (κ3) is 4.37. The first kappa shape index (κ1) is 18.0. The van der Waals surface area contributed by atoms with Gasteiger partial charge >= 0.3 is 0 Å². The first-order chi connectivity index (χ1) is 11.4. The first-order valence-corrected chi connectivity index (χ1v) is 7.66. The zero-order valence-corrected chi connectivity index (χ0v) is 14.0. The van der Waals surface area contributed by atoms with Gasteiger partial charge in [-0.25, -0.2) is 4.39 Å². The first-order valence-electron chi connectivity index (χ1n) is 6.90. The van der Waals surface area contributed by atoms with E-state index in [4.69, 9.17) is 27.9 Å². The van der Waals surface area contributed by atoms with Gasteiger partial charge in [0.15, 0.2) is 0 Å². The van der Waals surface area contributed by atoms with Crippen LogP contribution in [0.3, 0.4) is 0 Å². The van der Waals surface area contributed by atoms with Gasteiger partial charge in [0.2, 0.25) is 0 Å². The van der Waals surface area contributed by atoms with E-state index in [1.54, 1.807) is 24.3 Å². The highest BCUT2D eigenvalue weighted by Crippen LogP contribution is 2.24. The lowest BCUT2D eigenvalue weighted by Gasteiger charge is -2.09. The SMILES string of the molecule is CCOc1ccc(C(=O)NNC(=O)c2cc(F)c(Cl)cc2Cl)cc1. The molecule has 2 rings (SSSR count). The minimum Gasteiger partial charge on any atom is -0.494 e. The topological polar surface area (TPSA) is 67.4 Å². The Morgan fingerprint density at radius 1 is 1.04 bits per heavy atom. The molecule has 0 aromatic heterocycles. The van der Waals surface area contributed by atoms with Crippen LogP contribution < -0.4 is 15.6 Å². The number of hydrogen-bond donors (Lipinski definition) is 2. The predicted molar refractivity (Wildman–Crippen MR) is 89.0 cm³/mol. The highest BCUT2D eigenvalue weighted by Gasteiger charge is 2.15. The van der Waals surface area contributed by atoms with E-state index in [1.807, 2.05) is 6.92 Å². The molecule has 0 heterocycles. The molecule has 2 aromatic carbocycles. The number of halogens is 3. The van der Waals surface area contributed by atoms with E-state index in [2.05, 4.69) is 10.9 Å². The Balaban J connectivity index is 2.01. The van der Waals surface area contributed by atoms with E-state index in [-0.39, 0.29) is 15.6 Å². The Morgan fingerprint density at radius 2 is 1.67 bits per heavy atom. The van der Waals surface area contributed by atoms with Crippen molar-refractivity contribution >= 4 is 35.0 Å². The monoisotopic (exact) mass is 370 g/mol. The number of nitrogens with one attached hydrogen (secondary N) is 2. The van der Waals surface area contributed by atoms with Gasteiger partial charge in [-0.2, -0.15) is 0 Å². The molecule has 2 N–H and O–H groups in total. The van der Waals surface area contributed by atoms with E-state index < -0.39 is 17.6 Å². The number of rotatable bonds is 4. The number of benzene rings is 2. The minimum atomic E-state index is -0.788. The lowest BCUT2D eigenvalue weighted by molar-refractivity contribution is 0.0846. The third-order valence-electron chi connectivity index (χ3n) is 2.97. The van der Waals surface area contributed by atoms with E-state index in [0.717, 1.165) is 12.1 Å². The summed E-state index contributed by atoms with van der Waals surface area (Å²) >= 11 is 11.4. The molecular formula is C16H13Cl2FN2O3. The summed E-state index contributed by atoms with van der Waals surface area (Å²) in [6.45, 7) is 2.36. The van der Waals surface area contributed by atoms with Crippen molar-refractivity contribution in [3.05, 3.63) is 63.4 Å². The summed E-state index contributed by atoms with van der Waals surface area (Å²) < 4.78 is 18.7. The summed E-state index contributed by atoms with van der Waals surface area (Å²) in [6, 6.07) is 8.35. The van der Waals surface area contributed by atoms with Gasteiger partial charge in [0.1, 0.15) is 11.6 Å². The van der Waals surface area contributed by atoms with Crippen molar-refractivity contribution in [2.45, 2.75) is 6.92 Å². The highest BCUT2D eigenvalue weighted by molar-refractivity contribution is 6.36. The molecule has 0 saturated heterocycles. The number of hydrazine groups is 1. The van der Waals surface area contributed by atoms with Crippen LogP contribution in [0.15, 0.2) is 36.4 Å². The van der Waals surface area contributed by atoms with Gasteiger partial charge in [-0.05, 0) is 43.3 Å². The predicted octanol–water partition coefficient (Wildman–Crippen LogP) is 3.61. The lowest BCUT2D eigenvalue weighted by atomic mass is 10.2. The Hall–Kier alpha value is -2.31. The van der Waals surface area contributed by atoms with Crippen molar-refractivity contribution in [2.24, 2.45) is 0 Å². The van der Waals surface area contributed by atoms with E-state index in [9.17, 15) is 14.0 Å². The second-order valence-electron chi connectivity index (χ2n) is 4.61. The lowest BCUT2D eigenvalue weighted by Crippen LogP contribution is -2.41. The molecule has 126 valence electrons. The molecule has 0 bridgehead atoms. The van der Waals surface area contributed by atoms with Crippen LogP contribution in [0.1, 0.15) is 27.6 Å². The van der Waals surface area contributed by atoms with E-state index in [1.165, 1.54) is 0 Å². The maximum atomic E-state index is 13.4. The Kier molecular flexibility index (Phi) is 6.00.